The summed E-state index contributed by atoms with van der Waals surface area (Å²) in [6.07, 6.45) is 1.55. The van der Waals surface area contributed by atoms with Crippen LogP contribution in [0.4, 0.5) is 5.69 Å². The van der Waals surface area contributed by atoms with E-state index < -0.39 is 5.60 Å². The summed E-state index contributed by atoms with van der Waals surface area (Å²) < 4.78 is 0. The van der Waals surface area contributed by atoms with Crippen LogP contribution in [0.15, 0.2) is 24.3 Å². The van der Waals surface area contributed by atoms with Gasteiger partial charge in [-0.05, 0) is 43.6 Å². The van der Waals surface area contributed by atoms with Crippen molar-refractivity contribution in [3.63, 3.8) is 0 Å². The van der Waals surface area contributed by atoms with Crippen molar-refractivity contribution < 1.29 is 5.11 Å². The van der Waals surface area contributed by atoms with Crippen LogP contribution in [0.3, 0.4) is 0 Å². The molecular weight excluding hydrogens is 176 g/mol. The van der Waals surface area contributed by atoms with E-state index in [0.717, 1.165) is 37.2 Å². The van der Waals surface area contributed by atoms with Crippen LogP contribution >= 0.6 is 0 Å². The number of rotatable bonds is 1. The maximum atomic E-state index is 10.4. The number of hydrogen-bond acceptors (Lipinski definition) is 3. The van der Waals surface area contributed by atoms with E-state index in [0.29, 0.717) is 0 Å². The van der Waals surface area contributed by atoms with Crippen molar-refractivity contribution in [1.29, 1.82) is 0 Å². The highest BCUT2D eigenvalue weighted by Gasteiger charge is 2.30. The van der Waals surface area contributed by atoms with Gasteiger partial charge in [0.2, 0.25) is 0 Å². The third-order valence-corrected chi connectivity index (χ3v) is 2.88. The molecule has 1 saturated heterocycles. The summed E-state index contributed by atoms with van der Waals surface area (Å²) in [6, 6.07) is 7.52. The fourth-order valence-corrected chi connectivity index (χ4v) is 1.92. The van der Waals surface area contributed by atoms with Crippen LogP contribution in [0.1, 0.15) is 18.4 Å². The fourth-order valence-electron chi connectivity index (χ4n) is 1.92. The summed E-state index contributed by atoms with van der Waals surface area (Å²) in [5, 5.41) is 13.6. The lowest BCUT2D eigenvalue weighted by Crippen LogP contribution is -2.39. The van der Waals surface area contributed by atoms with Crippen molar-refractivity contribution in [3.05, 3.63) is 29.8 Å². The van der Waals surface area contributed by atoms with Crippen molar-refractivity contribution >= 4 is 5.69 Å². The second-order valence-corrected chi connectivity index (χ2v) is 3.90. The molecule has 1 fully saturated rings. The average Bonchev–Trinajstić information content (AvgIpc) is 2.19. The smallest absolute Gasteiger partial charge is 0.0920 e. The molecule has 0 aliphatic carbocycles. The normalized spacial score (nSPS) is 20.6. The number of nitrogens with two attached hydrogens (primary N) is 1. The highest BCUT2D eigenvalue weighted by molar-refractivity contribution is 5.41. The quantitative estimate of drug-likeness (QED) is 0.578. The van der Waals surface area contributed by atoms with Gasteiger partial charge in [-0.15, -0.1) is 0 Å². The molecule has 1 heterocycles. The van der Waals surface area contributed by atoms with E-state index in [1.807, 2.05) is 24.3 Å². The highest BCUT2D eigenvalue weighted by atomic mass is 16.3. The number of hydrogen-bond donors (Lipinski definition) is 3. The number of nitrogens with one attached hydrogen (secondary N) is 1. The molecule has 3 nitrogen and oxygen atoms in total. The molecule has 3 heteroatoms. The van der Waals surface area contributed by atoms with Gasteiger partial charge >= 0.3 is 0 Å². The molecule has 1 aliphatic heterocycles. The average molecular weight is 192 g/mol. The zero-order valence-electron chi connectivity index (χ0n) is 8.16. The Morgan fingerprint density at radius 3 is 2.29 bits per heavy atom. The number of nitrogen functional groups attached to an aromatic ring is 1. The second kappa shape index (κ2) is 3.59. The van der Waals surface area contributed by atoms with Gasteiger partial charge in [-0.1, -0.05) is 12.1 Å². The second-order valence-electron chi connectivity index (χ2n) is 3.90. The summed E-state index contributed by atoms with van der Waals surface area (Å²) in [5.74, 6) is 0. The Bertz CT molecular complexity index is 302. The molecule has 1 aliphatic rings. The molecule has 0 unspecified atom stereocenters. The Morgan fingerprint density at radius 1 is 1.14 bits per heavy atom. The molecule has 2 rings (SSSR count). The van der Waals surface area contributed by atoms with Gasteiger partial charge in [0.1, 0.15) is 0 Å². The third kappa shape index (κ3) is 1.74. The number of anilines is 1. The van der Waals surface area contributed by atoms with Crippen LogP contribution < -0.4 is 11.1 Å². The van der Waals surface area contributed by atoms with Gasteiger partial charge in [-0.2, -0.15) is 0 Å². The van der Waals surface area contributed by atoms with Gasteiger partial charge in [-0.25, -0.2) is 0 Å². The largest absolute Gasteiger partial charge is 0.399 e. The highest BCUT2D eigenvalue weighted by Crippen LogP contribution is 2.30. The molecule has 0 spiro atoms. The number of piperidine rings is 1. The molecular formula is C11H16N2O. The van der Waals surface area contributed by atoms with Crippen LogP contribution in [0.25, 0.3) is 0 Å². The molecule has 0 amide bonds. The standard InChI is InChI=1S/C11H16N2O/c12-10-3-1-9(2-4-10)11(14)5-7-13-8-6-11/h1-4,13-14H,5-8,12H2. The zero-order valence-corrected chi connectivity index (χ0v) is 8.16. The minimum Gasteiger partial charge on any atom is -0.399 e. The molecule has 0 aromatic heterocycles. The van der Waals surface area contributed by atoms with E-state index in [1.54, 1.807) is 0 Å². The van der Waals surface area contributed by atoms with Crippen LogP contribution in [-0.2, 0) is 5.60 Å². The predicted molar refractivity (Wildman–Crippen MR) is 56.9 cm³/mol. The number of aliphatic hydroxyl groups is 1. The van der Waals surface area contributed by atoms with E-state index in [4.69, 9.17) is 5.73 Å². The SMILES string of the molecule is Nc1ccc(C2(O)CCNCC2)cc1. The van der Waals surface area contributed by atoms with Crippen LogP contribution in [0, 0.1) is 0 Å². The molecule has 14 heavy (non-hydrogen) atoms. The Hall–Kier alpha value is -1.06. The first-order chi connectivity index (χ1) is 6.71. The van der Waals surface area contributed by atoms with Gasteiger partial charge < -0.3 is 16.2 Å². The Labute approximate surface area is 83.9 Å². The summed E-state index contributed by atoms with van der Waals surface area (Å²) in [5.41, 5.74) is 6.67. The minimum absolute atomic E-state index is 0.654. The minimum atomic E-state index is -0.654. The predicted octanol–water partition coefficient (Wildman–Crippen LogP) is 0.840. The zero-order chi connectivity index (χ0) is 10.0. The summed E-state index contributed by atoms with van der Waals surface area (Å²) in [4.78, 5) is 0. The van der Waals surface area contributed by atoms with Crippen molar-refractivity contribution in [3.8, 4) is 0 Å². The molecule has 4 N–H and O–H groups in total. The van der Waals surface area contributed by atoms with E-state index in [-0.39, 0.29) is 0 Å². The Kier molecular flexibility index (Phi) is 2.44. The molecule has 0 atom stereocenters. The van der Waals surface area contributed by atoms with Crippen molar-refractivity contribution in [2.24, 2.45) is 0 Å². The van der Waals surface area contributed by atoms with E-state index in [1.165, 1.54) is 0 Å². The first-order valence-electron chi connectivity index (χ1n) is 5.00. The summed E-state index contributed by atoms with van der Waals surface area (Å²) in [7, 11) is 0. The van der Waals surface area contributed by atoms with Gasteiger partial charge in [0.25, 0.3) is 0 Å². The third-order valence-electron chi connectivity index (χ3n) is 2.88. The maximum absolute atomic E-state index is 10.4. The molecule has 1 aromatic carbocycles. The van der Waals surface area contributed by atoms with Gasteiger partial charge in [0, 0.05) is 5.69 Å². The van der Waals surface area contributed by atoms with Gasteiger partial charge in [0.05, 0.1) is 5.60 Å². The monoisotopic (exact) mass is 192 g/mol. The van der Waals surface area contributed by atoms with E-state index in [9.17, 15) is 5.11 Å². The topological polar surface area (TPSA) is 58.3 Å². The first-order valence-corrected chi connectivity index (χ1v) is 5.00. The van der Waals surface area contributed by atoms with Crippen LogP contribution in [-0.4, -0.2) is 18.2 Å². The summed E-state index contributed by atoms with van der Waals surface area (Å²) >= 11 is 0. The molecule has 0 bridgehead atoms. The van der Waals surface area contributed by atoms with Crippen LogP contribution in [0.5, 0.6) is 0 Å². The Balaban J connectivity index is 2.23. The lowest BCUT2D eigenvalue weighted by molar-refractivity contribution is 0.00596. The lowest BCUT2D eigenvalue weighted by atomic mass is 9.85. The van der Waals surface area contributed by atoms with E-state index in [2.05, 4.69) is 5.32 Å². The fraction of sp³-hybridized carbons (Fsp3) is 0.455. The van der Waals surface area contributed by atoms with Crippen molar-refractivity contribution in [2.75, 3.05) is 18.8 Å². The summed E-state index contributed by atoms with van der Waals surface area (Å²) in [6.45, 7) is 1.75. The maximum Gasteiger partial charge on any atom is 0.0920 e. The molecule has 0 saturated carbocycles. The first kappa shape index (κ1) is 9.49. The van der Waals surface area contributed by atoms with Gasteiger partial charge in [-0.3, -0.25) is 0 Å². The number of benzene rings is 1. The molecule has 1 aromatic rings. The lowest BCUT2D eigenvalue weighted by Gasteiger charge is -2.33. The van der Waals surface area contributed by atoms with Crippen molar-refractivity contribution in [1.82, 2.24) is 5.32 Å². The van der Waals surface area contributed by atoms with E-state index >= 15 is 0 Å². The van der Waals surface area contributed by atoms with Crippen molar-refractivity contribution in [2.45, 2.75) is 18.4 Å². The van der Waals surface area contributed by atoms with Gasteiger partial charge in [0.15, 0.2) is 0 Å². The van der Waals surface area contributed by atoms with Crippen LogP contribution in [0.2, 0.25) is 0 Å². The molecule has 0 radical (unpaired) electrons. The molecule has 76 valence electrons. The Morgan fingerprint density at radius 2 is 1.71 bits per heavy atom.